The Kier molecular flexibility index (Phi) is 5.46. The number of aliphatic hydroxyl groups excluding tert-OH is 1. The Labute approximate surface area is 111 Å². The number of rotatable bonds is 7. The second-order valence-corrected chi connectivity index (χ2v) is 6.40. The van der Waals surface area contributed by atoms with Crippen molar-refractivity contribution >= 4 is 0 Å². The predicted molar refractivity (Wildman–Crippen MR) is 73.6 cm³/mol. The second kappa shape index (κ2) is 6.88. The molecule has 0 aromatic carbocycles. The molecule has 0 saturated heterocycles. The van der Waals surface area contributed by atoms with Crippen molar-refractivity contribution in [3.05, 3.63) is 0 Å². The van der Waals surface area contributed by atoms with Crippen LogP contribution in [0.2, 0.25) is 0 Å². The third-order valence-electron chi connectivity index (χ3n) is 4.49. The summed E-state index contributed by atoms with van der Waals surface area (Å²) in [5.74, 6) is 1.70. The average molecular weight is 255 g/mol. The van der Waals surface area contributed by atoms with Crippen molar-refractivity contribution in [1.29, 1.82) is 0 Å². The van der Waals surface area contributed by atoms with Gasteiger partial charge in [0.05, 0.1) is 18.8 Å². The van der Waals surface area contributed by atoms with Crippen molar-refractivity contribution in [3.63, 3.8) is 0 Å². The van der Waals surface area contributed by atoms with Crippen LogP contribution < -0.4 is 5.32 Å². The van der Waals surface area contributed by atoms with Crippen LogP contribution in [0.3, 0.4) is 0 Å². The van der Waals surface area contributed by atoms with Crippen LogP contribution in [0.25, 0.3) is 0 Å². The van der Waals surface area contributed by atoms with E-state index in [1.165, 1.54) is 38.5 Å². The maximum Gasteiger partial charge on any atom is 0.0897 e. The standard InChI is InChI=1S/C15H29NO2/c1-11-3-7-15(8-4-11)18-10-14(17)9-16-12(2)13-5-6-13/h11-17H,3-10H2,1-2H3. The molecule has 0 aliphatic heterocycles. The number of aliphatic hydroxyl groups is 1. The summed E-state index contributed by atoms with van der Waals surface area (Å²) in [6, 6.07) is 0.551. The summed E-state index contributed by atoms with van der Waals surface area (Å²) in [6.45, 7) is 5.69. The summed E-state index contributed by atoms with van der Waals surface area (Å²) in [6.07, 6.45) is 7.61. The van der Waals surface area contributed by atoms with Gasteiger partial charge in [-0.1, -0.05) is 6.92 Å². The first-order chi connectivity index (χ1) is 8.65. The third kappa shape index (κ3) is 4.87. The number of ether oxygens (including phenoxy) is 1. The molecule has 2 rings (SSSR count). The molecule has 0 bridgehead atoms. The highest BCUT2D eigenvalue weighted by atomic mass is 16.5. The van der Waals surface area contributed by atoms with Crippen LogP contribution in [0.5, 0.6) is 0 Å². The minimum absolute atomic E-state index is 0.356. The highest BCUT2D eigenvalue weighted by Gasteiger charge is 2.27. The minimum atomic E-state index is -0.356. The Morgan fingerprint density at radius 2 is 1.83 bits per heavy atom. The molecule has 0 aromatic heterocycles. The van der Waals surface area contributed by atoms with Crippen LogP contribution in [-0.4, -0.2) is 36.5 Å². The quantitative estimate of drug-likeness (QED) is 0.733. The summed E-state index contributed by atoms with van der Waals surface area (Å²) in [4.78, 5) is 0. The lowest BCUT2D eigenvalue weighted by molar-refractivity contribution is -0.0284. The van der Waals surface area contributed by atoms with E-state index in [0.29, 0.717) is 25.3 Å². The van der Waals surface area contributed by atoms with Gasteiger partial charge in [0.2, 0.25) is 0 Å². The van der Waals surface area contributed by atoms with E-state index in [0.717, 1.165) is 11.8 Å². The van der Waals surface area contributed by atoms with Crippen LogP contribution in [0, 0.1) is 11.8 Å². The summed E-state index contributed by atoms with van der Waals surface area (Å²) < 4.78 is 5.81. The van der Waals surface area contributed by atoms with Gasteiger partial charge in [0.1, 0.15) is 0 Å². The lowest BCUT2D eigenvalue weighted by Gasteiger charge is -2.27. The molecule has 2 atom stereocenters. The third-order valence-corrected chi connectivity index (χ3v) is 4.49. The van der Waals surface area contributed by atoms with Gasteiger partial charge in [-0.25, -0.2) is 0 Å². The normalized spacial score (nSPS) is 32.2. The Bertz CT molecular complexity index is 235. The molecule has 2 fully saturated rings. The SMILES string of the molecule is CC1CCC(OCC(O)CNC(C)C2CC2)CC1. The van der Waals surface area contributed by atoms with Crippen molar-refractivity contribution in [3.8, 4) is 0 Å². The molecule has 3 heteroatoms. The van der Waals surface area contributed by atoms with E-state index in [-0.39, 0.29) is 6.10 Å². The molecule has 2 saturated carbocycles. The largest absolute Gasteiger partial charge is 0.389 e. The van der Waals surface area contributed by atoms with Crippen molar-refractivity contribution in [2.45, 2.75) is 70.6 Å². The van der Waals surface area contributed by atoms with Gasteiger partial charge in [0.15, 0.2) is 0 Å². The summed E-state index contributed by atoms with van der Waals surface area (Å²) in [5, 5.41) is 13.3. The molecule has 0 spiro atoms. The molecule has 0 aromatic rings. The zero-order valence-corrected chi connectivity index (χ0v) is 11.9. The molecule has 18 heavy (non-hydrogen) atoms. The summed E-state index contributed by atoms with van der Waals surface area (Å²) >= 11 is 0. The highest BCUT2D eigenvalue weighted by Crippen LogP contribution is 2.32. The first-order valence-electron chi connectivity index (χ1n) is 7.68. The average Bonchev–Trinajstić information content (AvgIpc) is 3.19. The Morgan fingerprint density at radius 1 is 1.17 bits per heavy atom. The number of hydrogen-bond acceptors (Lipinski definition) is 3. The Hall–Kier alpha value is -0.120. The lowest BCUT2D eigenvalue weighted by Crippen LogP contribution is -2.38. The van der Waals surface area contributed by atoms with Crippen LogP contribution >= 0.6 is 0 Å². The molecule has 0 radical (unpaired) electrons. The van der Waals surface area contributed by atoms with E-state index in [1.54, 1.807) is 0 Å². The molecular weight excluding hydrogens is 226 g/mol. The monoisotopic (exact) mass is 255 g/mol. The van der Waals surface area contributed by atoms with Gasteiger partial charge in [-0.2, -0.15) is 0 Å². The van der Waals surface area contributed by atoms with E-state index < -0.39 is 0 Å². The van der Waals surface area contributed by atoms with Crippen molar-refractivity contribution in [1.82, 2.24) is 5.32 Å². The number of hydrogen-bond donors (Lipinski definition) is 2. The van der Waals surface area contributed by atoms with Gasteiger partial charge < -0.3 is 15.2 Å². The van der Waals surface area contributed by atoms with Gasteiger partial charge in [-0.3, -0.25) is 0 Å². The molecule has 0 heterocycles. The van der Waals surface area contributed by atoms with Crippen molar-refractivity contribution < 1.29 is 9.84 Å². The van der Waals surface area contributed by atoms with Crippen molar-refractivity contribution in [2.75, 3.05) is 13.2 Å². The van der Waals surface area contributed by atoms with Crippen LogP contribution in [0.1, 0.15) is 52.4 Å². The first kappa shape index (κ1) is 14.3. The molecular formula is C15H29NO2. The molecule has 2 aliphatic rings. The van der Waals surface area contributed by atoms with Gasteiger partial charge in [0.25, 0.3) is 0 Å². The van der Waals surface area contributed by atoms with Gasteiger partial charge >= 0.3 is 0 Å². The van der Waals surface area contributed by atoms with Gasteiger partial charge in [0, 0.05) is 12.6 Å². The maximum absolute atomic E-state index is 9.90. The Balaban J connectivity index is 1.52. The fourth-order valence-electron chi connectivity index (χ4n) is 2.79. The molecule has 106 valence electrons. The van der Waals surface area contributed by atoms with E-state index in [1.807, 2.05) is 0 Å². The van der Waals surface area contributed by atoms with E-state index in [4.69, 9.17) is 4.74 Å². The Morgan fingerprint density at radius 3 is 2.44 bits per heavy atom. The fourth-order valence-corrected chi connectivity index (χ4v) is 2.79. The highest BCUT2D eigenvalue weighted by molar-refractivity contribution is 4.83. The summed E-state index contributed by atoms with van der Waals surface area (Å²) in [5.41, 5.74) is 0. The number of nitrogens with one attached hydrogen (secondary N) is 1. The molecule has 2 unspecified atom stereocenters. The van der Waals surface area contributed by atoms with E-state index in [9.17, 15) is 5.11 Å². The topological polar surface area (TPSA) is 41.5 Å². The van der Waals surface area contributed by atoms with Crippen LogP contribution in [-0.2, 0) is 4.74 Å². The van der Waals surface area contributed by atoms with E-state index in [2.05, 4.69) is 19.2 Å². The fraction of sp³-hybridized carbons (Fsp3) is 1.00. The minimum Gasteiger partial charge on any atom is -0.389 e. The maximum atomic E-state index is 9.90. The molecule has 2 aliphatic carbocycles. The zero-order valence-electron chi connectivity index (χ0n) is 11.9. The van der Waals surface area contributed by atoms with Crippen LogP contribution in [0.4, 0.5) is 0 Å². The molecule has 3 nitrogen and oxygen atoms in total. The van der Waals surface area contributed by atoms with Crippen LogP contribution in [0.15, 0.2) is 0 Å². The van der Waals surface area contributed by atoms with E-state index >= 15 is 0 Å². The lowest BCUT2D eigenvalue weighted by atomic mass is 9.89. The zero-order chi connectivity index (χ0) is 13.0. The molecule has 0 amide bonds. The van der Waals surface area contributed by atoms with Gasteiger partial charge in [-0.15, -0.1) is 0 Å². The summed E-state index contributed by atoms with van der Waals surface area (Å²) in [7, 11) is 0. The first-order valence-corrected chi connectivity index (χ1v) is 7.68. The second-order valence-electron chi connectivity index (χ2n) is 6.40. The molecule has 2 N–H and O–H groups in total. The predicted octanol–water partition coefficient (Wildman–Crippen LogP) is 2.33. The van der Waals surface area contributed by atoms with Gasteiger partial charge in [-0.05, 0) is 57.3 Å². The smallest absolute Gasteiger partial charge is 0.0897 e. The van der Waals surface area contributed by atoms with Crippen molar-refractivity contribution in [2.24, 2.45) is 11.8 Å².